The Balaban J connectivity index is 1.52. The number of aliphatic hydroxyl groups is 1. The summed E-state index contributed by atoms with van der Waals surface area (Å²) in [5, 5.41) is 13.1. The van der Waals surface area contributed by atoms with Gasteiger partial charge in [-0.3, -0.25) is 9.69 Å². The van der Waals surface area contributed by atoms with E-state index in [-0.39, 0.29) is 23.8 Å². The molecule has 0 radical (unpaired) electrons. The molecule has 1 aromatic rings. The summed E-state index contributed by atoms with van der Waals surface area (Å²) in [4.78, 5) is 20.9. The topological polar surface area (TPSA) is 82.7 Å². The van der Waals surface area contributed by atoms with Gasteiger partial charge in [0.1, 0.15) is 0 Å². The molecule has 3 heterocycles. The van der Waals surface area contributed by atoms with E-state index in [1.807, 2.05) is 4.90 Å². The maximum Gasteiger partial charge on any atom is 0.229 e. The minimum Gasteiger partial charge on any atom is -0.396 e. The van der Waals surface area contributed by atoms with Crippen LogP contribution in [0.15, 0.2) is 4.52 Å². The minimum atomic E-state index is 0.146. The Morgan fingerprint density at radius 1 is 1.28 bits per heavy atom. The Kier molecular flexibility index (Phi) is 5.74. The Hall–Kier alpha value is -1.47. The van der Waals surface area contributed by atoms with Gasteiger partial charge in [0.15, 0.2) is 5.82 Å². The fourth-order valence-corrected chi connectivity index (χ4v) is 3.93. The normalized spacial score (nSPS) is 21.4. The van der Waals surface area contributed by atoms with Crippen molar-refractivity contribution >= 4 is 5.91 Å². The van der Waals surface area contributed by atoms with E-state index in [1.165, 1.54) is 0 Å². The molecular formula is C18H30N4O3. The van der Waals surface area contributed by atoms with E-state index in [0.717, 1.165) is 51.3 Å². The smallest absolute Gasteiger partial charge is 0.229 e. The van der Waals surface area contributed by atoms with Crippen LogP contribution in [0.1, 0.15) is 63.6 Å². The minimum absolute atomic E-state index is 0.146. The second-order valence-electron chi connectivity index (χ2n) is 7.87. The summed E-state index contributed by atoms with van der Waals surface area (Å²) in [5.74, 6) is 1.97. The highest BCUT2D eigenvalue weighted by Gasteiger charge is 2.40. The number of aliphatic hydroxyl groups excluding tert-OH is 1. The summed E-state index contributed by atoms with van der Waals surface area (Å²) in [6.07, 6.45) is 4.52. The molecule has 0 bridgehead atoms. The van der Waals surface area contributed by atoms with Crippen molar-refractivity contribution in [2.45, 2.75) is 58.4 Å². The predicted octanol–water partition coefficient (Wildman–Crippen LogP) is 1.78. The molecule has 7 heteroatoms. The van der Waals surface area contributed by atoms with E-state index in [1.54, 1.807) is 0 Å². The highest BCUT2D eigenvalue weighted by Crippen LogP contribution is 2.40. The first-order chi connectivity index (χ1) is 12.0. The zero-order valence-electron chi connectivity index (χ0n) is 15.4. The summed E-state index contributed by atoms with van der Waals surface area (Å²) >= 11 is 0. The molecule has 1 amide bonds. The van der Waals surface area contributed by atoms with E-state index in [9.17, 15) is 4.79 Å². The van der Waals surface area contributed by atoms with Gasteiger partial charge in [-0.15, -0.1) is 0 Å². The van der Waals surface area contributed by atoms with E-state index in [2.05, 4.69) is 28.9 Å². The Morgan fingerprint density at radius 3 is 2.68 bits per heavy atom. The van der Waals surface area contributed by atoms with Crippen molar-refractivity contribution in [2.75, 3.05) is 32.8 Å². The van der Waals surface area contributed by atoms with Crippen LogP contribution >= 0.6 is 0 Å². The molecule has 0 saturated carbocycles. The second kappa shape index (κ2) is 7.83. The van der Waals surface area contributed by atoms with Crippen LogP contribution in [0.4, 0.5) is 0 Å². The predicted molar refractivity (Wildman–Crippen MR) is 92.8 cm³/mol. The van der Waals surface area contributed by atoms with Gasteiger partial charge in [0.05, 0.1) is 6.54 Å². The number of hydrogen-bond donors (Lipinski definition) is 1. The first kappa shape index (κ1) is 18.3. The van der Waals surface area contributed by atoms with Crippen LogP contribution in [0.25, 0.3) is 0 Å². The van der Waals surface area contributed by atoms with Crippen molar-refractivity contribution in [3.05, 3.63) is 11.7 Å². The molecule has 0 aromatic carbocycles. The third kappa shape index (κ3) is 4.39. The van der Waals surface area contributed by atoms with Gasteiger partial charge in [0, 0.05) is 32.0 Å². The van der Waals surface area contributed by atoms with E-state index in [4.69, 9.17) is 9.63 Å². The van der Waals surface area contributed by atoms with Crippen LogP contribution in [0.3, 0.4) is 0 Å². The summed E-state index contributed by atoms with van der Waals surface area (Å²) < 4.78 is 5.29. The van der Waals surface area contributed by atoms with Crippen LogP contribution in [0, 0.1) is 5.41 Å². The van der Waals surface area contributed by atoms with Gasteiger partial charge in [-0.05, 0) is 44.2 Å². The average Bonchev–Trinajstić information content (AvgIpc) is 3.07. The second-order valence-corrected chi connectivity index (χ2v) is 7.87. The third-order valence-corrected chi connectivity index (χ3v) is 5.59. The van der Waals surface area contributed by atoms with Crippen LogP contribution in [-0.2, 0) is 11.3 Å². The van der Waals surface area contributed by atoms with Gasteiger partial charge in [0.2, 0.25) is 11.8 Å². The first-order valence-electron chi connectivity index (χ1n) is 9.45. The number of rotatable bonds is 6. The zero-order chi connectivity index (χ0) is 17.9. The van der Waals surface area contributed by atoms with E-state index >= 15 is 0 Å². The van der Waals surface area contributed by atoms with Crippen molar-refractivity contribution < 1.29 is 14.4 Å². The van der Waals surface area contributed by atoms with Gasteiger partial charge in [-0.2, -0.15) is 4.98 Å². The number of piperidine rings is 2. The highest BCUT2D eigenvalue weighted by atomic mass is 16.5. The quantitative estimate of drug-likeness (QED) is 0.842. The third-order valence-electron chi connectivity index (χ3n) is 5.59. The molecule has 2 fully saturated rings. The molecule has 2 aliphatic heterocycles. The van der Waals surface area contributed by atoms with Crippen molar-refractivity contribution in [3.63, 3.8) is 0 Å². The van der Waals surface area contributed by atoms with Gasteiger partial charge in [0.25, 0.3) is 0 Å². The Bertz CT molecular complexity index is 579. The van der Waals surface area contributed by atoms with Crippen molar-refractivity contribution in [1.82, 2.24) is 19.9 Å². The molecular weight excluding hydrogens is 320 g/mol. The molecule has 7 nitrogen and oxygen atoms in total. The zero-order valence-corrected chi connectivity index (χ0v) is 15.4. The Morgan fingerprint density at radius 2 is 2.04 bits per heavy atom. The fourth-order valence-electron chi connectivity index (χ4n) is 3.93. The molecule has 0 atom stereocenters. The lowest BCUT2D eigenvalue weighted by molar-refractivity contribution is -0.139. The van der Waals surface area contributed by atoms with Crippen molar-refractivity contribution in [3.8, 4) is 0 Å². The maximum atomic E-state index is 12.1. The number of amides is 1. The van der Waals surface area contributed by atoms with Crippen LogP contribution in [0.2, 0.25) is 0 Å². The number of hydrogen-bond acceptors (Lipinski definition) is 6. The number of nitrogens with zero attached hydrogens (tertiary/aromatic N) is 4. The molecule has 3 rings (SSSR count). The largest absolute Gasteiger partial charge is 0.396 e. The fraction of sp³-hybridized carbons (Fsp3) is 0.833. The van der Waals surface area contributed by atoms with Crippen LogP contribution in [0.5, 0.6) is 0 Å². The number of carbonyl (C=O) groups excluding carboxylic acids is 1. The lowest BCUT2D eigenvalue weighted by Gasteiger charge is -2.47. The molecule has 0 aliphatic carbocycles. The highest BCUT2D eigenvalue weighted by molar-refractivity contribution is 5.77. The molecule has 140 valence electrons. The lowest BCUT2D eigenvalue weighted by atomic mass is 9.72. The summed E-state index contributed by atoms with van der Waals surface area (Å²) in [7, 11) is 0. The molecule has 1 aromatic heterocycles. The molecule has 1 N–H and O–H groups in total. The Labute approximate surface area is 149 Å². The van der Waals surface area contributed by atoms with Gasteiger partial charge in [-0.25, -0.2) is 0 Å². The van der Waals surface area contributed by atoms with Crippen LogP contribution < -0.4 is 0 Å². The summed E-state index contributed by atoms with van der Waals surface area (Å²) in [5.41, 5.74) is 0.250. The first-order valence-corrected chi connectivity index (χ1v) is 9.45. The molecule has 2 saturated heterocycles. The SMILES string of the molecule is CC(C)c1nc(CN2CCC3(CCC(=O)N(CCCO)C3)CC2)no1. The monoisotopic (exact) mass is 350 g/mol. The number of aromatic nitrogens is 2. The molecule has 1 spiro atoms. The number of likely N-dealkylation sites (tertiary alicyclic amines) is 2. The summed E-state index contributed by atoms with van der Waals surface area (Å²) in [6, 6.07) is 0. The van der Waals surface area contributed by atoms with Crippen molar-refractivity contribution in [1.29, 1.82) is 0 Å². The average molecular weight is 350 g/mol. The summed E-state index contributed by atoms with van der Waals surface area (Å²) in [6.45, 7) is 8.53. The molecule has 25 heavy (non-hydrogen) atoms. The maximum absolute atomic E-state index is 12.1. The number of carbonyl (C=O) groups is 1. The van der Waals surface area contributed by atoms with Crippen molar-refractivity contribution in [2.24, 2.45) is 5.41 Å². The van der Waals surface area contributed by atoms with Gasteiger partial charge in [-0.1, -0.05) is 19.0 Å². The lowest BCUT2D eigenvalue weighted by Crippen LogP contribution is -2.51. The standard InChI is InChI=1S/C18H30N4O3/c1-14(2)17-19-15(20-25-17)12-21-9-6-18(7-10-21)5-4-16(24)22(13-18)8-3-11-23/h14,23H,3-13H2,1-2H3. The van der Waals surface area contributed by atoms with Gasteiger partial charge < -0.3 is 14.5 Å². The van der Waals surface area contributed by atoms with Crippen LogP contribution in [-0.4, -0.2) is 63.7 Å². The van der Waals surface area contributed by atoms with E-state index in [0.29, 0.717) is 25.3 Å². The van der Waals surface area contributed by atoms with E-state index < -0.39 is 0 Å². The molecule has 0 unspecified atom stereocenters. The molecule has 2 aliphatic rings. The van der Waals surface area contributed by atoms with Gasteiger partial charge >= 0.3 is 0 Å².